The van der Waals surface area contributed by atoms with E-state index in [0.29, 0.717) is 12.1 Å². The van der Waals surface area contributed by atoms with Crippen molar-refractivity contribution in [2.45, 2.75) is 12.5 Å². The van der Waals surface area contributed by atoms with Gasteiger partial charge in [-0.2, -0.15) is 0 Å². The van der Waals surface area contributed by atoms with Crippen LogP contribution in [0.25, 0.3) is 0 Å². The predicted molar refractivity (Wildman–Crippen MR) is 88.4 cm³/mol. The molecular weight excluding hydrogens is 352 g/mol. The molecule has 9 heteroatoms. The van der Waals surface area contributed by atoms with Gasteiger partial charge in [-0.15, -0.1) is 0 Å². The fourth-order valence-electron chi connectivity index (χ4n) is 2.52. The molecule has 1 aliphatic rings. The number of amides is 1. The zero-order valence-electron chi connectivity index (χ0n) is 13.0. The third-order valence-electron chi connectivity index (χ3n) is 3.77. The van der Waals surface area contributed by atoms with Gasteiger partial charge in [0.1, 0.15) is 17.3 Å². The first-order valence-electron chi connectivity index (χ1n) is 7.52. The van der Waals surface area contributed by atoms with Gasteiger partial charge in [-0.3, -0.25) is 4.79 Å². The highest BCUT2D eigenvalue weighted by Gasteiger charge is 2.29. The molecule has 0 aliphatic carbocycles. The maximum absolute atomic E-state index is 13.6. The molecule has 3 rings (SSSR count). The molecule has 2 aromatic rings. The summed E-state index contributed by atoms with van der Waals surface area (Å²) in [6, 6.07) is 5.68. The summed E-state index contributed by atoms with van der Waals surface area (Å²) in [6.45, 7) is 0. The van der Waals surface area contributed by atoms with Crippen molar-refractivity contribution >= 4 is 27.1 Å². The average Bonchev–Trinajstić information content (AvgIpc) is 2.89. The number of benzene rings is 1. The van der Waals surface area contributed by atoms with E-state index in [1.165, 1.54) is 24.4 Å². The summed E-state index contributed by atoms with van der Waals surface area (Å²) in [7, 11) is -3.08. The van der Waals surface area contributed by atoms with Crippen LogP contribution in [-0.4, -0.2) is 36.9 Å². The zero-order valence-corrected chi connectivity index (χ0v) is 13.8. The van der Waals surface area contributed by atoms with Gasteiger partial charge in [0.05, 0.1) is 29.1 Å². The Balaban J connectivity index is 1.64. The molecule has 0 bridgehead atoms. The smallest absolute Gasteiger partial charge is 0.270 e. The molecule has 2 heterocycles. The highest BCUT2D eigenvalue weighted by molar-refractivity contribution is 7.91. The van der Waals surface area contributed by atoms with Gasteiger partial charge in [0, 0.05) is 12.1 Å². The van der Waals surface area contributed by atoms with Gasteiger partial charge < -0.3 is 10.6 Å². The quantitative estimate of drug-likeness (QED) is 0.863. The lowest BCUT2D eigenvalue weighted by atomic mass is 10.2. The Morgan fingerprint density at radius 3 is 2.60 bits per heavy atom. The molecule has 1 atom stereocenters. The Labute approximate surface area is 143 Å². The molecule has 1 fully saturated rings. The number of nitrogens with one attached hydrogen (secondary N) is 2. The van der Waals surface area contributed by atoms with Crippen molar-refractivity contribution in [1.29, 1.82) is 0 Å². The second kappa shape index (κ2) is 6.75. The summed E-state index contributed by atoms with van der Waals surface area (Å²) < 4.78 is 49.3. The summed E-state index contributed by atoms with van der Waals surface area (Å²) in [5.74, 6) is -1.90. The number of rotatable bonds is 4. The Hall–Kier alpha value is -2.55. The molecule has 1 aromatic heterocycles. The average molecular weight is 367 g/mol. The standard InChI is InChI=1S/C16H15F2N3O3S/c17-10-1-3-14(13(18)7-10)20-11-2-4-15(19-8-11)16(22)21-12-5-6-25(23,24)9-12/h1-4,7-8,12,20H,5-6,9H2,(H,21,22). The first kappa shape index (κ1) is 17.3. The zero-order chi connectivity index (χ0) is 18.0. The van der Waals surface area contributed by atoms with Gasteiger partial charge in [-0.05, 0) is 30.7 Å². The Kier molecular flexibility index (Phi) is 4.67. The summed E-state index contributed by atoms with van der Waals surface area (Å²) >= 11 is 0. The molecular formula is C16H15F2N3O3S. The van der Waals surface area contributed by atoms with Crippen LogP contribution in [-0.2, 0) is 9.84 Å². The molecule has 6 nitrogen and oxygen atoms in total. The van der Waals surface area contributed by atoms with E-state index >= 15 is 0 Å². The number of aromatic nitrogens is 1. The van der Waals surface area contributed by atoms with Gasteiger partial charge in [-0.25, -0.2) is 22.2 Å². The lowest BCUT2D eigenvalue weighted by molar-refractivity contribution is 0.0936. The Morgan fingerprint density at radius 1 is 1.20 bits per heavy atom. The minimum Gasteiger partial charge on any atom is -0.352 e. The number of halogens is 2. The van der Waals surface area contributed by atoms with E-state index < -0.39 is 33.4 Å². The fraction of sp³-hybridized carbons (Fsp3) is 0.250. The molecule has 2 N–H and O–H groups in total. The second-order valence-corrected chi connectivity index (χ2v) is 7.98. The second-order valence-electron chi connectivity index (χ2n) is 5.75. The van der Waals surface area contributed by atoms with Crippen molar-refractivity contribution in [3.8, 4) is 0 Å². The van der Waals surface area contributed by atoms with Crippen LogP contribution in [0.5, 0.6) is 0 Å². The van der Waals surface area contributed by atoms with E-state index in [-0.39, 0.29) is 22.9 Å². The summed E-state index contributed by atoms with van der Waals surface area (Å²) in [4.78, 5) is 16.1. The van der Waals surface area contributed by atoms with Crippen molar-refractivity contribution < 1.29 is 22.0 Å². The maximum atomic E-state index is 13.6. The number of carbonyl (C=O) groups is 1. The molecule has 1 amide bonds. The molecule has 25 heavy (non-hydrogen) atoms. The fourth-order valence-corrected chi connectivity index (χ4v) is 4.19. The van der Waals surface area contributed by atoms with Crippen molar-refractivity contribution in [2.24, 2.45) is 0 Å². The van der Waals surface area contributed by atoms with Crippen LogP contribution in [0.4, 0.5) is 20.2 Å². The van der Waals surface area contributed by atoms with Crippen molar-refractivity contribution in [1.82, 2.24) is 10.3 Å². The van der Waals surface area contributed by atoms with Crippen LogP contribution in [0.3, 0.4) is 0 Å². The van der Waals surface area contributed by atoms with E-state index in [9.17, 15) is 22.0 Å². The van der Waals surface area contributed by atoms with Crippen LogP contribution < -0.4 is 10.6 Å². The van der Waals surface area contributed by atoms with Gasteiger partial charge >= 0.3 is 0 Å². The summed E-state index contributed by atoms with van der Waals surface area (Å²) in [5, 5.41) is 5.37. The Morgan fingerprint density at radius 2 is 2.00 bits per heavy atom. The third kappa shape index (κ3) is 4.30. The van der Waals surface area contributed by atoms with Gasteiger partial charge in [-0.1, -0.05) is 0 Å². The topological polar surface area (TPSA) is 88.2 Å². The third-order valence-corrected chi connectivity index (χ3v) is 5.54. The molecule has 0 spiro atoms. The molecule has 1 aromatic carbocycles. The van der Waals surface area contributed by atoms with Crippen LogP contribution in [0.1, 0.15) is 16.9 Å². The van der Waals surface area contributed by atoms with Crippen LogP contribution in [0.2, 0.25) is 0 Å². The maximum Gasteiger partial charge on any atom is 0.270 e. The SMILES string of the molecule is O=C(NC1CCS(=O)(=O)C1)c1ccc(Nc2ccc(F)cc2F)cn1. The van der Waals surface area contributed by atoms with Crippen LogP contribution in [0.15, 0.2) is 36.5 Å². The van der Waals surface area contributed by atoms with Crippen LogP contribution in [0, 0.1) is 11.6 Å². The van der Waals surface area contributed by atoms with Gasteiger partial charge in [0.25, 0.3) is 5.91 Å². The van der Waals surface area contributed by atoms with E-state index in [1.807, 2.05) is 0 Å². The minimum absolute atomic E-state index is 0.0669. The largest absolute Gasteiger partial charge is 0.352 e. The summed E-state index contributed by atoms with van der Waals surface area (Å²) in [5.41, 5.74) is 0.622. The highest BCUT2D eigenvalue weighted by atomic mass is 32.2. The van der Waals surface area contributed by atoms with E-state index in [1.54, 1.807) is 0 Å². The van der Waals surface area contributed by atoms with Crippen molar-refractivity contribution in [3.63, 3.8) is 0 Å². The van der Waals surface area contributed by atoms with E-state index in [4.69, 9.17) is 0 Å². The lowest BCUT2D eigenvalue weighted by Crippen LogP contribution is -2.36. The molecule has 1 saturated heterocycles. The normalized spacial score (nSPS) is 18.7. The number of carbonyl (C=O) groups excluding carboxylic acids is 1. The number of nitrogens with zero attached hydrogens (tertiary/aromatic N) is 1. The van der Waals surface area contributed by atoms with Crippen LogP contribution >= 0.6 is 0 Å². The number of hydrogen-bond acceptors (Lipinski definition) is 5. The minimum atomic E-state index is -3.08. The molecule has 1 unspecified atom stereocenters. The molecule has 1 aliphatic heterocycles. The monoisotopic (exact) mass is 367 g/mol. The number of sulfone groups is 1. The molecule has 132 valence electrons. The lowest BCUT2D eigenvalue weighted by Gasteiger charge is -2.11. The first-order valence-corrected chi connectivity index (χ1v) is 9.34. The summed E-state index contributed by atoms with van der Waals surface area (Å²) in [6.07, 6.45) is 1.72. The Bertz CT molecular complexity index is 901. The van der Waals surface area contributed by atoms with Gasteiger partial charge in [0.2, 0.25) is 0 Å². The number of anilines is 2. The van der Waals surface area contributed by atoms with E-state index in [0.717, 1.165) is 12.1 Å². The number of pyridine rings is 1. The van der Waals surface area contributed by atoms with Crippen molar-refractivity contribution in [3.05, 3.63) is 53.9 Å². The predicted octanol–water partition coefficient (Wildman–Crippen LogP) is 2.02. The first-order chi connectivity index (χ1) is 11.8. The molecule has 0 saturated carbocycles. The van der Waals surface area contributed by atoms with Crippen molar-refractivity contribution in [2.75, 3.05) is 16.8 Å². The number of hydrogen-bond donors (Lipinski definition) is 2. The van der Waals surface area contributed by atoms with Gasteiger partial charge in [0.15, 0.2) is 9.84 Å². The van der Waals surface area contributed by atoms with E-state index in [2.05, 4.69) is 15.6 Å². The molecule has 0 radical (unpaired) electrons. The highest BCUT2D eigenvalue weighted by Crippen LogP contribution is 2.20.